The zero-order chi connectivity index (χ0) is 22.3. The third-order valence-corrected chi connectivity index (χ3v) is 5.98. The number of carbonyl (C=O) groups excluding carboxylic acids is 1. The lowest BCUT2D eigenvalue weighted by atomic mass is 9.98. The van der Waals surface area contributed by atoms with Crippen LogP contribution in [0.2, 0.25) is 0 Å². The van der Waals surface area contributed by atoms with Gasteiger partial charge in [0.25, 0.3) is 5.91 Å². The summed E-state index contributed by atoms with van der Waals surface area (Å²) >= 11 is 0. The zero-order valence-corrected chi connectivity index (χ0v) is 19.0. The quantitative estimate of drug-likeness (QED) is 0.632. The Kier molecular flexibility index (Phi) is 5.36. The number of aromatic nitrogens is 1. The number of amides is 1. The molecule has 5 heteroatoms. The predicted octanol–water partition coefficient (Wildman–Crippen LogP) is 4.59. The molecule has 0 spiro atoms. The van der Waals surface area contributed by atoms with Crippen LogP contribution in [0, 0.1) is 27.7 Å². The highest BCUT2D eigenvalue weighted by Crippen LogP contribution is 2.31. The smallest absolute Gasteiger partial charge is 0.272 e. The Balaban J connectivity index is 1.93. The molecule has 0 saturated carbocycles. The average Bonchev–Trinajstić information content (AvgIpc) is 2.86. The molecule has 158 valence electrons. The van der Waals surface area contributed by atoms with Crippen molar-refractivity contribution in [1.29, 1.82) is 0 Å². The first-order valence-corrected chi connectivity index (χ1v) is 10.5. The number of likely N-dealkylation sites (N-methyl/N-ethyl adjacent to an activating group) is 2. The minimum atomic E-state index is -0.687. The van der Waals surface area contributed by atoms with Crippen LogP contribution in [0.15, 0.2) is 59.6 Å². The third kappa shape index (κ3) is 3.72. The second kappa shape index (κ2) is 7.99. The lowest BCUT2D eigenvalue weighted by Crippen LogP contribution is -2.45. The van der Waals surface area contributed by atoms with Crippen molar-refractivity contribution in [1.82, 2.24) is 4.98 Å². The van der Waals surface area contributed by atoms with Crippen molar-refractivity contribution in [3.05, 3.63) is 88.2 Å². The molecule has 1 aliphatic rings. The molecule has 0 saturated heterocycles. The largest absolute Gasteiger partial charge is 0.345 e. The topological polar surface area (TPSA) is 48.8 Å². The van der Waals surface area contributed by atoms with Gasteiger partial charge in [-0.1, -0.05) is 42.0 Å². The van der Waals surface area contributed by atoms with Gasteiger partial charge in [0.15, 0.2) is 0 Å². The van der Waals surface area contributed by atoms with Gasteiger partial charge >= 0.3 is 0 Å². The molecule has 1 atom stereocenters. The van der Waals surface area contributed by atoms with Gasteiger partial charge in [0.1, 0.15) is 0 Å². The van der Waals surface area contributed by atoms with Gasteiger partial charge in [-0.3, -0.25) is 9.78 Å². The maximum Gasteiger partial charge on any atom is 0.272 e. The van der Waals surface area contributed by atoms with Crippen molar-refractivity contribution in [2.45, 2.75) is 33.9 Å². The number of nitrogens with zero attached hydrogens (tertiary/aromatic N) is 4. The molecule has 31 heavy (non-hydrogen) atoms. The highest BCUT2D eigenvalue weighted by molar-refractivity contribution is 6.20. The van der Waals surface area contributed by atoms with Crippen LogP contribution < -0.4 is 9.80 Å². The zero-order valence-electron chi connectivity index (χ0n) is 19.0. The minimum Gasteiger partial charge on any atom is -0.345 e. The Morgan fingerprint density at radius 3 is 2.39 bits per heavy atom. The van der Waals surface area contributed by atoms with Crippen LogP contribution in [0.25, 0.3) is 0 Å². The minimum absolute atomic E-state index is 0.0648. The van der Waals surface area contributed by atoms with Crippen LogP contribution in [0.4, 0.5) is 11.4 Å². The molecular formula is C26H28N4O. The van der Waals surface area contributed by atoms with Crippen molar-refractivity contribution in [2.24, 2.45) is 4.99 Å². The summed E-state index contributed by atoms with van der Waals surface area (Å²) in [4.78, 5) is 27.0. The number of hydrogen-bond acceptors (Lipinski definition) is 4. The molecule has 1 amide bonds. The van der Waals surface area contributed by atoms with Crippen LogP contribution in [0.3, 0.4) is 0 Å². The SMILES string of the molecule is Cc1ccc2c(c1)C(c1ccccc1)=NC(N(C)c1cc(C)nc(C)c1C)C(=O)N2C. The van der Waals surface area contributed by atoms with E-state index in [9.17, 15) is 4.79 Å². The molecule has 0 N–H and O–H groups in total. The highest BCUT2D eigenvalue weighted by atomic mass is 16.2. The Bertz CT molecular complexity index is 1180. The summed E-state index contributed by atoms with van der Waals surface area (Å²) in [6.07, 6.45) is -0.687. The second-order valence-electron chi connectivity index (χ2n) is 8.24. The fraction of sp³-hybridized carbons (Fsp3) is 0.269. The van der Waals surface area contributed by atoms with E-state index in [1.807, 2.05) is 88.3 Å². The Morgan fingerprint density at radius 1 is 0.968 bits per heavy atom. The van der Waals surface area contributed by atoms with Gasteiger partial charge in [0.05, 0.1) is 11.4 Å². The average molecular weight is 413 g/mol. The Morgan fingerprint density at radius 2 is 1.68 bits per heavy atom. The molecule has 5 nitrogen and oxygen atoms in total. The number of carbonyl (C=O) groups is 1. The normalized spacial score (nSPS) is 15.9. The molecule has 0 bridgehead atoms. The summed E-state index contributed by atoms with van der Waals surface area (Å²) in [5.41, 5.74) is 8.69. The second-order valence-corrected chi connectivity index (χ2v) is 8.24. The van der Waals surface area contributed by atoms with Crippen LogP contribution in [-0.2, 0) is 4.79 Å². The van der Waals surface area contributed by atoms with Gasteiger partial charge in [-0.15, -0.1) is 0 Å². The summed E-state index contributed by atoms with van der Waals surface area (Å²) in [5.74, 6) is -0.0648. The van der Waals surface area contributed by atoms with E-state index in [-0.39, 0.29) is 5.91 Å². The van der Waals surface area contributed by atoms with E-state index in [1.54, 1.807) is 4.90 Å². The first-order chi connectivity index (χ1) is 14.8. The number of pyridine rings is 1. The van der Waals surface area contributed by atoms with E-state index in [4.69, 9.17) is 4.99 Å². The van der Waals surface area contributed by atoms with Crippen LogP contribution >= 0.6 is 0 Å². The summed E-state index contributed by atoms with van der Waals surface area (Å²) in [5, 5.41) is 0. The van der Waals surface area contributed by atoms with Crippen molar-refractivity contribution in [3.63, 3.8) is 0 Å². The van der Waals surface area contributed by atoms with Crippen LogP contribution in [0.1, 0.15) is 33.6 Å². The number of hydrogen-bond donors (Lipinski definition) is 0. The molecule has 0 aliphatic carbocycles. The molecule has 2 aromatic carbocycles. The van der Waals surface area contributed by atoms with E-state index in [2.05, 4.69) is 18.0 Å². The van der Waals surface area contributed by atoms with E-state index < -0.39 is 6.17 Å². The fourth-order valence-corrected chi connectivity index (χ4v) is 4.12. The number of benzodiazepines with no additional fused rings is 1. The van der Waals surface area contributed by atoms with E-state index >= 15 is 0 Å². The molecular weight excluding hydrogens is 384 g/mol. The van der Waals surface area contributed by atoms with Gasteiger partial charge in [0.2, 0.25) is 6.17 Å². The van der Waals surface area contributed by atoms with Crippen molar-refractivity contribution < 1.29 is 4.79 Å². The van der Waals surface area contributed by atoms with E-state index in [0.717, 1.165) is 50.7 Å². The molecule has 4 rings (SSSR count). The number of fused-ring (bicyclic) bond motifs is 1. The monoisotopic (exact) mass is 412 g/mol. The molecule has 0 fully saturated rings. The van der Waals surface area contributed by atoms with E-state index in [0.29, 0.717) is 0 Å². The molecule has 1 aliphatic heterocycles. The number of aliphatic imine (C=N–C) groups is 1. The standard InChI is InChI=1S/C26H28N4O/c1-16-12-13-22-21(14-16)24(20-10-8-7-9-11-20)28-25(26(31)30(22)6)29(5)23-15-17(2)27-19(4)18(23)3/h7-15,25H,1-6H3. The van der Waals surface area contributed by atoms with Crippen molar-refractivity contribution in [3.8, 4) is 0 Å². The summed E-state index contributed by atoms with van der Waals surface area (Å²) < 4.78 is 0. The predicted molar refractivity (Wildman–Crippen MR) is 127 cm³/mol. The number of aryl methyl sites for hydroxylation is 3. The number of benzene rings is 2. The maximum absolute atomic E-state index is 13.6. The van der Waals surface area contributed by atoms with Gasteiger partial charge < -0.3 is 9.80 Å². The van der Waals surface area contributed by atoms with Gasteiger partial charge in [-0.05, 0) is 51.5 Å². The number of anilines is 2. The highest BCUT2D eigenvalue weighted by Gasteiger charge is 2.33. The first-order valence-electron chi connectivity index (χ1n) is 10.5. The summed E-state index contributed by atoms with van der Waals surface area (Å²) in [6, 6.07) is 18.3. The van der Waals surface area contributed by atoms with Gasteiger partial charge in [-0.25, -0.2) is 4.99 Å². The summed E-state index contributed by atoms with van der Waals surface area (Å²) in [7, 11) is 3.77. The first kappa shape index (κ1) is 20.8. The molecule has 1 unspecified atom stereocenters. The van der Waals surface area contributed by atoms with Gasteiger partial charge in [0, 0.05) is 42.3 Å². The maximum atomic E-state index is 13.6. The van der Waals surface area contributed by atoms with Gasteiger partial charge in [-0.2, -0.15) is 0 Å². The Labute approximate surface area is 184 Å². The van der Waals surface area contributed by atoms with Crippen LogP contribution in [0.5, 0.6) is 0 Å². The van der Waals surface area contributed by atoms with Crippen LogP contribution in [-0.4, -0.2) is 36.9 Å². The molecule has 2 heterocycles. The third-order valence-electron chi connectivity index (χ3n) is 5.98. The molecule has 1 aromatic heterocycles. The van der Waals surface area contributed by atoms with Crippen molar-refractivity contribution in [2.75, 3.05) is 23.9 Å². The lowest BCUT2D eigenvalue weighted by molar-refractivity contribution is -0.119. The van der Waals surface area contributed by atoms with Crippen molar-refractivity contribution >= 4 is 23.0 Å². The fourth-order valence-electron chi connectivity index (χ4n) is 4.12. The summed E-state index contributed by atoms with van der Waals surface area (Å²) in [6.45, 7) is 8.07. The van der Waals surface area contributed by atoms with E-state index in [1.165, 1.54) is 0 Å². The Hall–Kier alpha value is -3.47. The molecule has 3 aromatic rings. The lowest BCUT2D eigenvalue weighted by Gasteiger charge is -2.30. The number of rotatable bonds is 3. The molecule has 0 radical (unpaired) electrons.